The first kappa shape index (κ1) is 23.7. The molecule has 1 aliphatic heterocycles. The number of nitrogens with zero attached hydrogens (tertiary/aromatic N) is 3. The van der Waals surface area contributed by atoms with Gasteiger partial charge in [0.2, 0.25) is 5.91 Å². The topological polar surface area (TPSA) is 77.6 Å². The van der Waals surface area contributed by atoms with Crippen LogP contribution in [0.5, 0.6) is 0 Å². The number of carbonyl (C=O) groups is 2. The molecule has 0 aliphatic carbocycles. The molecular weight excluding hydrogens is 466 g/mol. The van der Waals surface area contributed by atoms with Crippen LogP contribution in [-0.2, 0) is 4.79 Å². The zero-order chi connectivity index (χ0) is 23.8. The number of para-hydroxylation sites is 1. The molecule has 2 amide bonds. The maximum Gasteiger partial charge on any atom is 0.274 e. The summed E-state index contributed by atoms with van der Waals surface area (Å²) >= 11 is 6.93. The van der Waals surface area contributed by atoms with Crippen LogP contribution in [0.3, 0.4) is 0 Å². The van der Waals surface area contributed by atoms with E-state index in [9.17, 15) is 9.59 Å². The number of amides is 2. The molecule has 7 nitrogen and oxygen atoms in total. The van der Waals surface area contributed by atoms with Gasteiger partial charge >= 0.3 is 0 Å². The van der Waals surface area contributed by atoms with Gasteiger partial charge in [-0.1, -0.05) is 54.3 Å². The fraction of sp³-hybridized carbons (Fsp3) is 0.200. The minimum atomic E-state index is -0.308. The lowest BCUT2D eigenvalue weighted by Crippen LogP contribution is -2.47. The van der Waals surface area contributed by atoms with Gasteiger partial charge in [0.15, 0.2) is 0 Å². The van der Waals surface area contributed by atoms with Gasteiger partial charge < -0.3 is 20.4 Å². The van der Waals surface area contributed by atoms with Crippen LogP contribution in [0.2, 0.25) is 0 Å². The van der Waals surface area contributed by atoms with E-state index in [-0.39, 0.29) is 17.6 Å². The predicted molar refractivity (Wildman–Crippen MR) is 143 cm³/mol. The molecule has 9 heteroatoms. The quantitative estimate of drug-likeness (QED) is 0.503. The molecular formula is C25H25N5O2S2. The lowest BCUT2D eigenvalue weighted by molar-refractivity contribution is -0.113. The third-order valence-electron chi connectivity index (χ3n) is 5.29. The number of thioether (sulfide) groups is 1. The molecule has 0 saturated carbocycles. The van der Waals surface area contributed by atoms with Crippen LogP contribution in [0.25, 0.3) is 0 Å². The van der Waals surface area contributed by atoms with Gasteiger partial charge in [-0.3, -0.25) is 14.6 Å². The molecule has 0 bridgehead atoms. The summed E-state index contributed by atoms with van der Waals surface area (Å²) in [5.74, 6) is -0.233. The standard InChI is InChI=1S/C25H25N5O2S2/c31-23(18-34-25(33)30-15-13-29(14-16-30)21-9-2-1-3-10-21)27-19-7-6-8-20(17-19)28-24(32)22-11-4-5-12-26-22/h1-12,17H,13-16,18H2,(H,27,31)(H,28,32). The Morgan fingerprint density at radius 3 is 2.29 bits per heavy atom. The summed E-state index contributed by atoms with van der Waals surface area (Å²) in [6.45, 7) is 3.46. The number of benzene rings is 2. The molecule has 174 valence electrons. The summed E-state index contributed by atoms with van der Waals surface area (Å²) in [6.07, 6.45) is 1.57. The van der Waals surface area contributed by atoms with E-state index < -0.39 is 0 Å². The van der Waals surface area contributed by atoms with Crippen molar-refractivity contribution in [3.8, 4) is 0 Å². The van der Waals surface area contributed by atoms with Crippen LogP contribution >= 0.6 is 24.0 Å². The van der Waals surface area contributed by atoms with Crippen molar-refractivity contribution in [3.63, 3.8) is 0 Å². The van der Waals surface area contributed by atoms with Crippen molar-refractivity contribution in [2.45, 2.75) is 0 Å². The van der Waals surface area contributed by atoms with Crippen LogP contribution < -0.4 is 15.5 Å². The second kappa shape index (κ2) is 11.6. The van der Waals surface area contributed by atoms with Gasteiger partial charge in [0.1, 0.15) is 10.0 Å². The second-order valence-corrected chi connectivity index (χ2v) is 9.27. The highest BCUT2D eigenvalue weighted by Crippen LogP contribution is 2.19. The molecule has 2 aromatic carbocycles. The van der Waals surface area contributed by atoms with Crippen LogP contribution in [0.15, 0.2) is 79.0 Å². The Labute approximate surface area is 208 Å². The molecule has 34 heavy (non-hydrogen) atoms. The van der Waals surface area contributed by atoms with Gasteiger partial charge in [-0.25, -0.2) is 0 Å². The van der Waals surface area contributed by atoms with E-state index in [0.29, 0.717) is 17.1 Å². The number of anilines is 3. The first-order chi connectivity index (χ1) is 16.6. The monoisotopic (exact) mass is 491 g/mol. The predicted octanol–water partition coefficient (Wildman–Crippen LogP) is 4.11. The van der Waals surface area contributed by atoms with E-state index in [1.807, 2.05) is 18.2 Å². The Balaban J connectivity index is 1.22. The third kappa shape index (κ3) is 6.55. The molecule has 1 fully saturated rings. The lowest BCUT2D eigenvalue weighted by Gasteiger charge is -2.37. The summed E-state index contributed by atoms with van der Waals surface area (Å²) in [7, 11) is 0. The summed E-state index contributed by atoms with van der Waals surface area (Å²) in [5, 5.41) is 5.66. The number of aromatic nitrogens is 1. The normalized spacial score (nSPS) is 13.3. The molecule has 0 unspecified atom stereocenters. The smallest absolute Gasteiger partial charge is 0.274 e. The number of pyridine rings is 1. The number of thiocarbonyl (C=S) groups is 1. The Hall–Kier alpha value is -3.43. The van der Waals surface area contributed by atoms with Gasteiger partial charge in [0.05, 0.1) is 5.75 Å². The molecule has 0 spiro atoms. The third-order valence-corrected chi connectivity index (χ3v) is 6.81. The molecule has 2 N–H and O–H groups in total. The van der Waals surface area contributed by atoms with E-state index in [4.69, 9.17) is 12.2 Å². The lowest BCUT2D eigenvalue weighted by atomic mass is 10.2. The minimum Gasteiger partial charge on any atom is -0.368 e. The number of piperazine rings is 1. The fourth-order valence-corrected chi connectivity index (χ4v) is 4.62. The van der Waals surface area contributed by atoms with Crippen molar-refractivity contribution in [2.24, 2.45) is 0 Å². The molecule has 1 saturated heterocycles. The zero-order valence-electron chi connectivity index (χ0n) is 18.5. The number of hydrogen-bond acceptors (Lipinski definition) is 6. The SMILES string of the molecule is O=C(CSC(=S)N1CCN(c2ccccc2)CC1)Nc1cccc(NC(=O)c2ccccn2)c1. The second-order valence-electron chi connectivity index (χ2n) is 7.66. The highest BCUT2D eigenvalue weighted by atomic mass is 32.2. The number of rotatable bonds is 6. The van der Waals surface area contributed by atoms with Gasteiger partial charge in [-0.15, -0.1) is 0 Å². The number of nitrogens with one attached hydrogen (secondary N) is 2. The van der Waals surface area contributed by atoms with Crippen LogP contribution in [-0.4, -0.2) is 58.0 Å². The van der Waals surface area contributed by atoms with Crippen molar-refractivity contribution in [1.29, 1.82) is 0 Å². The van der Waals surface area contributed by atoms with Crippen molar-refractivity contribution in [1.82, 2.24) is 9.88 Å². The van der Waals surface area contributed by atoms with E-state index in [1.54, 1.807) is 48.7 Å². The van der Waals surface area contributed by atoms with E-state index in [1.165, 1.54) is 17.4 Å². The largest absolute Gasteiger partial charge is 0.368 e. The van der Waals surface area contributed by atoms with Crippen molar-refractivity contribution in [2.75, 3.05) is 47.5 Å². The Bertz CT molecular complexity index is 1140. The molecule has 2 heterocycles. The average molecular weight is 492 g/mol. The van der Waals surface area contributed by atoms with Crippen LogP contribution in [0.4, 0.5) is 17.1 Å². The van der Waals surface area contributed by atoms with Crippen molar-refractivity contribution >= 4 is 57.2 Å². The van der Waals surface area contributed by atoms with Gasteiger partial charge in [0, 0.05) is 49.4 Å². The maximum absolute atomic E-state index is 12.5. The van der Waals surface area contributed by atoms with E-state index >= 15 is 0 Å². The summed E-state index contributed by atoms with van der Waals surface area (Å²) in [4.78, 5) is 33.3. The number of carbonyl (C=O) groups excluding carboxylic acids is 2. The summed E-state index contributed by atoms with van der Waals surface area (Å²) in [6, 6.07) is 22.5. The van der Waals surface area contributed by atoms with Gasteiger partial charge in [-0.2, -0.15) is 0 Å². The van der Waals surface area contributed by atoms with E-state index in [0.717, 1.165) is 30.5 Å². The van der Waals surface area contributed by atoms with Crippen LogP contribution in [0, 0.1) is 0 Å². The Kier molecular flexibility index (Phi) is 8.11. The van der Waals surface area contributed by atoms with Crippen molar-refractivity contribution in [3.05, 3.63) is 84.7 Å². The van der Waals surface area contributed by atoms with Crippen molar-refractivity contribution < 1.29 is 9.59 Å². The van der Waals surface area contributed by atoms with E-state index in [2.05, 4.69) is 37.6 Å². The molecule has 0 atom stereocenters. The molecule has 1 aliphatic rings. The molecule has 0 radical (unpaired) electrons. The highest BCUT2D eigenvalue weighted by Gasteiger charge is 2.20. The Morgan fingerprint density at radius 1 is 0.882 bits per heavy atom. The molecule has 1 aromatic heterocycles. The van der Waals surface area contributed by atoms with Crippen LogP contribution in [0.1, 0.15) is 10.5 Å². The average Bonchev–Trinajstić information content (AvgIpc) is 2.88. The highest BCUT2D eigenvalue weighted by molar-refractivity contribution is 8.23. The Morgan fingerprint density at radius 2 is 1.59 bits per heavy atom. The number of hydrogen-bond donors (Lipinski definition) is 2. The minimum absolute atomic E-state index is 0.150. The zero-order valence-corrected chi connectivity index (χ0v) is 20.1. The van der Waals surface area contributed by atoms with Gasteiger partial charge in [-0.05, 0) is 42.5 Å². The van der Waals surface area contributed by atoms with Gasteiger partial charge in [0.25, 0.3) is 5.91 Å². The molecule has 4 rings (SSSR count). The maximum atomic E-state index is 12.5. The fourth-order valence-electron chi connectivity index (χ4n) is 3.57. The molecule has 3 aromatic rings. The summed E-state index contributed by atoms with van der Waals surface area (Å²) < 4.78 is 0.735. The first-order valence-electron chi connectivity index (χ1n) is 10.9. The first-order valence-corrected chi connectivity index (χ1v) is 12.3. The summed E-state index contributed by atoms with van der Waals surface area (Å²) in [5.41, 5.74) is 2.73.